The zero-order valence-electron chi connectivity index (χ0n) is 13.0. The molecule has 0 atom stereocenters. The number of hydrogen-bond donors (Lipinski definition) is 2. The van der Waals surface area contributed by atoms with Crippen molar-refractivity contribution in [3.05, 3.63) is 47.9 Å². The van der Waals surface area contributed by atoms with E-state index in [1.165, 1.54) is 11.2 Å². The number of anilines is 1. The van der Waals surface area contributed by atoms with Gasteiger partial charge in [0.25, 0.3) is 11.8 Å². The van der Waals surface area contributed by atoms with Crippen LogP contribution in [0.3, 0.4) is 0 Å². The number of benzene rings is 1. The maximum absolute atomic E-state index is 12.1. The van der Waals surface area contributed by atoms with Crippen molar-refractivity contribution in [1.82, 2.24) is 4.90 Å². The monoisotopic (exact) mass is 317 g/mol. The van der Waals surface area contributed by atoms with Gasteiger partial charge in [0.05, 0.1) is 12.1 Å². The summed E-state index contributed by atoms with van der Waals surface area (Å²) in [4.78, 5) is 25.0. The molecule has 0 unspecified atom stereocenters. The summed E-state index contributed by atoms with van der Waals surface area (Å²) in [5.41, 5.74) is 6.39. The molecule has 122 valence electrons. The highest BCUT2D eigenvalue weighted by Gasteiger charge is 2.11. The van der Waals surface area contributed by atoms with Crippen molar-refractivity contribution >= 4 is 17.5 Å². The maximum Gasteiger partial charge on any atom is 0.259 e. The molecule has 0 radical (unpaired) electrons. The minimum atomic E-state index is -0.310. The van der Waals surface area contributed by atoms with Crippen LogP contribution < -0.4 is 15.8 Å². The van der Waals surface area contributed by atoms with Gasteiger partial charge in [-0.25, -0.2) is 0 Å². The summed E-state index contributed by atoms with van der Waals surface area (Å²) in [7, 11) is 3.31. The first-order valence-corrected chi connectivity index (χ1v) is 7.01. The van der Waals surface area contributed by atoms with E-state index < -0.39 is 0 Å². The molecule has 0 saturated heterocycles. The van der Waals surface area contributed by atoms with Crippen LogP contribution in [0.5, 0.6) is 5.75 Å². The normalized spacial score (nSPS) is 10.2. The number of nitrogens with two attached hydrogens (primary N) is 1. The fraction of sp³-hybridized carbons (Fsp3) is 0.250. The molecule has 7 heteroatoms. The van der Waals surface area contributed by atoms with Crippen LogP contribution in [0.1, 0.15) is 16.1 Å². The van der Waals surface area contributed by atoms with Crippen molar-refractivity contribution in [3.8, 4) is 5.75 Å². The van der Waals surface area contributed by atoms with Crippen molar-refractivity contribution in [3.63, 3.8) is 0 Å². The second-order valence-electron chi connectivity index (χ2n) is 5.06. The lowest BCUT2D eigenvalue weighted by molar-refractivity contribution is -0.130. The summed E-state index contributed by atoms with van der Waals surface area (Å²) in [5.74, 6) is 0.574. The second kappa shape index (κ2) is 7.46. The molecular formula is C16H19N3O4. The Morgan fingerprint density at radius 3 is 2.74 bits per heavy atom. The van der Waals surface area contributed by atoms with Crippen molar-refractivity contribution in [2.24, 2.45) is 5.73 Å². The van der Waals surface area contributed by atoms with Crippen LogP contribution in [0.15, 0.2) is 41.0 Å². The molecule has 3 N–H and O–H groups in total. The molecule has 1 aromatic heterocycles. The third-order valence-electron chi connectivity index (χ3n) is 3.07. The predicted octanol–water partition coefficient (Wildman–Crippen LogP) is 1.46. The molecule has 0 aliphatic rings. The molecule has 0 aliphatic heterocycles. The van der Waals surface area contributed by atoms with Gasteiger partial charge in [0.2, 0.25) is 0 Å². The van der Waals surface area contributed by atoms with Gasteiger partial charge in [0.1, 0.15) is 17.8 Å². The van der Waals surface area contributed by atoms with E-state index in [1.54, 1.807) is 44.4 Å². The first-order chi connectivity index (χ1) is 11.0. The molecule has 23 heavy (non-hydrogen) atoms. The Morgan fingerprint density at radius 2 is 2.09 bits per heavy atom. The van der Waals surface area contributed by atoms with Crippen LogP contribution in [0.2, 0.25) is 0 Å². The minimum absolute atomic E-state index is 0.0635. The van der Waals surface area contributed by atoms with Crippen molar-refractivity contribution in [1.29, 1.82) is 0 Å². The van der Waals surface area contributed by atoms with Crippen molar-refractivity contribution < 1.29 is 18.7 Å². The summed E-state index contributed by atoms with van der Waals surface area (Å²) < 4.78 is 10.5. The standard InChI is InChI=1S/C16H19N3O4/c1-19(2)15(20)10-23-13-5-3-4-12(7-13)18-16(21)11-6-14(8-17)22-9-11/h3-7,9H,8,10,17H2,1-2H3,(H,18,21). The summed E-state index contributed by atoms with van der Waals surface area (Å²) in [6, 6.07) is 8.40. The van der Waals surface area contributed by atoms with E-state index in [-0.39, 0.29) is 25.0 Å². The number of furan rings is 1. The Hall–Kier alpha value is -2.80. The average Bonchev–Trinajstić information content (AvgIpc) is 3.02. The van der Waals surface area contributed by atoms with Crippen molar-refractivity contribution in [2.45, 2.75) is 6.54 Å². The highest BCUT2D eigenvalue weighted by Crippen LogP contribution is 2.18. The van der Waals surface area contributed by atoms with E-state index in [0.29, 0.717) is 22.8 Å². The van der Waals surface area contributed by atoms with Crippen LogP contribution in [0, 0.1) is 0 Å². The number of rotatable bonds is 6. The van der Waals surface area contributed by atoms with Gasteiger partial charge in [-0.1, -0.05) is 6.07 Å². The highest BCUT2D eigenvalue weighted by atomic mass is 16.5. The van der Waals surface area contributed by atoms with Crippen LogP contribution >= 0.6 is 0 Å². The molecule has 2 amide bonds. The number of nitrogens with zero attached hydrogens (tertiary/aromatic N) is 1. The largest absolute Gasteiger partial charge is 0.484 e. The van der Waals surface area contributed by atoms with Crippen molar-refractivity contribution in [2.75, 3.05) is 26.0 Å². The van der Waals surface area contributed by atoms with Crippen LogP contribution in [0.25, 0.3) is 0 Å². The first-order valence-electron chi connectivity index (χ1n) is 7.01. The topological polar surface area (TPSA) is 97.8 Å². The minimum Gasteiger partial charge on any atom is -0.484 e. The average molecular weight is 317 g/mol. The van der Waals surface area contributed by atoms with Crippen LogP contribution in [0.4, 0.5) is 5.69 Å². The number of likely N-dealkylation sites (N-methyl/N-ethyl adjacent to an activating group) is 1. The Kier molecular flexibility index (Phi) is 5.37. The zero-order valence-corrected chi connectivity index (χ0v) is 13.0. The fourth-order valence-corrected chi connectivity index (χ4v) is 1.75. The van der Waals surface area contributed by atoms with Gasteiger partial charge in [-0.05, 0) is 18.2 Å². The first kappa shape index (κ1) is 16.6. The van der Waals surface area contributed by atoms with E-state index in [1.807, 2.05) is 0 Å². The quantitative estimate of drug-likeness (QED) is 0.840. The van der Waals surface area contributed by atoms with E-state index >= 15 is 0 Å². The Balaban J connectivity index is 1.99. The van der Waals surface area contributed by atoms with Crippen LogP contribution in [-0.2, 0) is 11.3 Å². The Morgan fingerprint density at radius 1 is 1.30 bits per heavy atom. The molecule has 1 aromatic carbocycles. The van der Waals surface area contributed by atoms with E-state index in [9.17, 15) is 9.59 Å². The Labute approximate surface area is 134 Å². The number of amides is 2. The summed E-state index contributed by atoms with van der Waals surface area (Å²) in [6.45, 7) is 0.169. The van der Waals surface area contributed by atoms with Gasteiger partial charge in [-0.3, -0.25) is 9.59 Å². The van der Waals surface area contributed by atoms with Crippen LogP contribution in [-0.4, -0.2) is 37.4 Å². The lowest BCUT2D eigenvalue weighted by Crippen LogP contribution is -2.27. The summed E-state index contributed by atoms with van der Waals surface area (Å²) in [5, 5.41) is 2.73. The van der Waals surface area contributed by atoms with Gasteiger partial charge in [-0.15, -0.1) is 0 Å². The Bertz CT molecular complexity index is 694. The second-order valence-corrected chi connectivity index (χ2v) is 5.06. The maximum atomic E-state index is 12.1. The molecule has 0 aliphatic carbocycles. The number of ether oxygens (including phenoxy) is 1. The van der Waals surface area contributed by atoms with Gasteiger partial charge in [-0.2, -0.15) is 0 Å². The van der Waals surface area contributed by atoms with E-state index in [0.717, 1.165) is 0 Å². The zero-order chi connectivity index (χ0) is 16.8. The van der Waals surface area contributed by atoms with Gasteiger partial charge in [0, 0.05) is 25.8 Å². The number of carbonyl (C=O) groups excluding carboxylic acids is 2. The predicted molar refractivity (Wildman–Crippen MR) is 85.2 cm³/mol. The molecular weight excluding hydrogens is 298 g/mol. The number of carbonyl (C=O) groups is 2. The third-order valence-corrected chi connectivity index (χ3v) is 3.07. The van der Waals surface area contributed by atoms with Gasteiger partial charge in [0.15, 0.2) is 6.61 Å². The molecule has 2 rings (SSSR count). The number of hydrogen-bond acceptors (Lipinski definition) is 5. The fourth-order valence-electron chi connectivity index (χ4n) is 1.75. The SMILES string of the molecule is CN(C)C(=O)COc1cccc(NC(=O)c2coc(CN)c2)c1. The number of nitrogens with one attached hydrogen (secondary N) is 1. The van der Waals surface area contributed by atoms with E-state index in [4.69, 9.17) is 14.9 Å². The molecule has 2 aromatic rings. The molecule has 0 fully saturated rings. The molecule has 0 spiro atoms. The third kappa shape index (κ3) is 4.58. The van der Waals surface area contributed by atoms with Gasteiger partial charge < -0.3 is 25.1 Å². The summed E-state index contributed by atoms with van der Waals surface area (Å²) >= 11 is 0. The van der Waals surface area contributed by atoms with E-state index in [2.05, 4.69) is 5.32 Å². The van der Waals surface area contributed by atoms with Gasteiger partial charge >= 0.3 is 0 Å². The molecule has 0 saturated carbocycles. The lowest BCUT2D eigenvalue weighted by Gasteiger charge is -2.12. The lowest BCUT2D eigenvalue weighted by atomic mass is 10.2. The smallest absolute Gasteiger partial charge is 0.259 e. The molecule has 0 bridgehead atoms. The highest BCUT2D eigenvalue weighted by molar-refractivity contribution is 6.04. The summed E-state index contributed by atoms with van der Waals surface area (Å²) in [6.07, 6.45) is 1.35. The molecule has 7 nitrogen and oxygen atoms in total. The molecule has 1 heterocycles.